The maximum Gasteiger partial charge on any atom is 0.221 e. The van der Waals surface area contributed by atoms with Crippen LogP contribution in [0.3, 0.4) is 0 Å². The Labute approximate surface area is 174 Å². The number of nitrogens with one attached hydrogen (secondary N) is 1. The Morgan fingerprint density at radius 2 is 1.97 bits per heavy atom. The molecule has 0 aromatic heterocycles. The van der Waals surface area contributed by atoms with Crippen LogP contribution in [0, 0.1) is 18.7 Å². The molecule has 162 valence electrons. The molecule has 7 heteroatoms. The van der Waals surface area contributed by atoms with Crippen molar-refractivity contribution >= 4 is 25.7 Å². The van der Waals surface area contributed by atoms with Gasteiger partial charge in [0.25, 0.3) is 0 Å². The van der Waals surface area contributed by atoms with Crippen molar-refractivity contribution in [1.82, 2.24) is 0 Å². The van der Waals surface area contributed by atoms with Gasteiger partial charge in [0.1, 0.15) is 5.82 Å². The van der Waals surface area contributed by atoms with Crippen LogP contribution in [0.15, 0.2) is 6.07 Å². The fourth-order valence-corrected chi connectivity index (χ4v) is 4.32. The third kappa shape index (κ3) is 5.52. The molecule has 1 aromatic carbocycles. The zero-order valence-electron chi connectivity index (χ0n) is 18.7. The lowest BCUT2D eigenvalue weighted by molar-refractivity contribution is -0.114. The Hall–Kier alpha value is -1.57. The number of amides is 1. The Balaban J connectivity index is 2.01. The van der Waals surface area contributed by atoms with E-state index in [2.05, 4.69) is 39.2 Å². The average molecular weight is 424 g/mol. The Kier molecular flexibility index (Phi) is 7.41. The second-order valence-electron chi connectivity index (χ2n) is 9.35. The van der Waals surface area contributed by atoms with E-state index in [0.717, 1.165) is 0 Å². The highest BCUT2D eigenvalue weighted by Gasteiger charge is 2.37. The molecule has 1 atom stereocenters. The number of ether oxygens (including phenoxy) is 1. The van der Waals surface area contributed by atoms with E-state index >= 15 is 0 Å². The van der Waals surface area contributed by atoms with Gasteiger partial charge in [-0.05, 0) is 55.1 Å². The quantitative estimate of drug-likeness (QED) is 0.502. The first-order valence-electron chi connectivity index (χ1n) is 10.2. The van der Waals surface area contributed by atoms with Crippen LogP contribution < -0.4 is 5.32 Å². The van der Waals surface area contributed by atoms with Gasteiger partial charge in [0.15, 0.2) is 14.1 Å². The molecule has 0 saturated carbocycles. The molecule has 0 heterocycles. The van der Waals surface area contributed by atoms with E-state index in [1.807, 2.05) is 0 Å². The summed E-state index contributed by atoms with van der Waals surface area (Å²) in [6.07, 6.45) is 1.20. The molecular formula is C22H34FNO4Si. The van der Waals surface area contributed by atoms with E-state index in [0.29, 0.717) is 49.4 Å². The first-order chi connectivity index (χ1) is 13.3. The predicted octanol–water partition coefficient (Wildman–Crippen LogP) is 4.88. The molecule has 0 spiro atoms. The number of Topliss-reactive ketones (excluding diaryl/α,β-unsaturated/α-hetero) is 1. The molecule has 0 fully saturated rings. The standard InChI is InChI=1S/C22H34FNO4Si/c1-14-17-9-8-16(13-27-10-11-28-29(6,7)22(3,4)5)21(26)20(17)19(12-18(14)23)24-15(2)25/h12,16H,8-11,13H2,1-7H3,(H,24,25). The molecule has 1 N–H and O–H groups in total. The Morgan fingerprint density at radius 3 is 2.55 bits per heavy atom. The summed E-state index contributed by atoms with van der Waals surface area (Å²) in [7, 11) is -1.81. The van der Waals surface area contributed by atoms with Crippen LogP contribution >= 0.6 is 0 Å². The molecule has 29 heavy (non-hydrogen) atoms. The number of carbonyl (C=O) groups excluding carboxylic acids is 2. The zero-order chi connectivity index (χ0) is 22.0. The third-order valence-electron chi connectivity index (χ3n) is 6.14. The third-order valence-corrected chi connectivity index (χ3v) is 10.7. The van der Waals surface area contributed by atoms with Gasteiger partial charge in [0, 0.05) is 18.4 Å². The van der Waals surface area contributed by atoms with Gasteiger partial charge < -0.3 is 14.5 Å². The largest absolute Gasteiger partial charge is 0.414 e. The van der Waals surface area contributed by atoms with E-state index in [1.165, 1.54) is 13.0 Å². The topological polar surface area (TPSA) is 64.6 Å². The van der Waals surface area contributed by atoms with Crippen molar-refractivity contribution in [3.05, 3.63) is 28.6 Å². The summed E-state index contributed by atoms with van der Waals surface area (Å²) in [5.74, 6) is -1.13. The lowest BCUT2D eigenvalue weighted by atomic mass is 9.80. The SMILES string of the molecule is CC(=O)Nc1cc(F)c(C)c2c1C(=O)C(COCCO[Si](C)(C)C(C)(C)C)CC2. The summed E-state index contributed by atoms with van der Waals surface area (Å²) in [4.78, 5) is 24.6. The van der Waals surface area contributed by atoms with Gasteiger partial charge in [-0.2, -0.15) is 0 Å². The number of halogens is 1. The second kappa shape index (κ2) is 9.06. The molecule has 1 amide bonds. The lowest BCUT2D eigenvalue weighted by Crippen LogP contribution is -2.41. The first kappa shape index (κ1) is 23.7. The molecule has 1 aliphatic carbocycles. The van der Waals surface area contributed by atoms with Crippen LogP contribution in [-0.4, -0.2) is 39.8 Å². The van der Waals surface area contributed by atoms with Crippen LogP contribution in [0.25, 0.3) is 0 Å². The molecule has 2 rings (SSSR count). The van der Waals surface area contributed by atoms with Crippen molar-refractivity contribution < 1.29 is 23.1 Å². The smallest absolute Gasteiger partial charge is 0.221 e. The van der Waals surface area contributed by atoms with Crippen molar-refractivity contribution in [1.29, 1.82) is 0 Å². The molecular weight excluding hydrogens is 389 g/mol. The fourth-order valence-electron chi connectivity index (χ4n) is 3.29. The summed E-state index contributed by atoms with van der Waals surface area (Å²) >= 11 is 0. The monoisotopic (exact) mass is 423 g/mol. The second-order valence-corrected chi connectivity index (χ2v) is 14.2. The van der Waals surface area contributed by atoms with Gasteiger partial charge >= 0.3 is 0 Å². The Morgan fingerprint density at radius 1 is 1.31 bits per heavy atom. The number of hydrogen-bond acceptors (Lipinski definition) is 4. The number of benzene rings is 1. The van der Waals surface area contributed by atoms with E-state index in [1.54, 1.807) is 6.92 Å². The minimum Gasteiger partial charge on any atom is -0.414 e. The number of anilines is 1. The minimum atomic E-state index is -1.81. The summed E-state index contributed by atoms with van der Waals surface area (Å²) in [5.41, 5.74) is 1.85. The molecule has 0 aliphatic heterocycles. The molecule has 0 saturated heterocycles. The van der Waals surface area contributed by atoms with Gasteiger partial charge in [-0.3, -0.25) is 9.59 Å². The van der Waals surface area contributed by atoms with Gasteiger partial charge in [0.05, 0.1) is 25.5 Å². The zero-order valence-corrected chi connectivity index (χ0v) is 19.7. The minimum absolute atomic E-state index is 0.0941. The summed E-state index contributed by atoms with van der Waals surface area (Å²) in [6, 6.07) is 1.24. The fraction of sp³-hybridized carbons (Fsp3) is 0.636. The van der Waals surface area contributed by atoms with E-state index in [4.69, 9.17) is 9.16 Å². The van der Waals surface area contributed by atoms with Gasteiger partial charge in [-0.25, -0.2) is 4.39 Å². The van der Waals surface area contributed by atoms with Crippen molar-refractivity contribution in [2.45, 2.75) is 65.6 Å². The molecule has 1 aromatic rings. The highest BCUT2D eigenvalue weighted by molar-refractivity contribution is 6.74. The van der Waals surface area contributed by atoms with Crippen molar-refractivity contribution in [3.63, 3.8) is 0 Å². The molecule has 0 radical (unpaired) electrons. The number of rotatable bonds is 7. The van der Waals surface area contributed by atoms with Crippen LogP contribution in [0.4, 0.5) is 10.1 Å². The molecule has 1 aliphatic rings. The summed E-state index contributed by atoms with van der Waals surface area (Å²) in [5, 5.41) is 2.75. The van der Waals surface area contributed by atoms with Crippen molar-refractivity contribution in [3.8, 4) is 0 Å². The van der Waals surface area contributed by atoms with Gasteiger partial charge in [0.2, 0.25) is 5.91 Å². The average Bonchev–Trinajstić information content (AvgIpc) is 2.58. The van der Waals surface area contributed by atoms with Crippen LogP contribution in [0.2, 0.25) is 18.1 Å². The van der Waals surface area contributed by atoms with E-state index in [9.17, 15) is 14.0 Å². The van der Waals surface area contributed by atoms with Crippen molar-refractivity contribution in [2.75, 3.05) is 25.1 Å². The first-order valence-corrected chi connectivity index (χ1v) is 13.1. The number of carbonyl (C=O) groups is 2. The number of hydrogen-bond donors (Lipinski definition) is 1. The maximum absolute atomic E-state index is 14.2. The van der Waals surface area contributed by atoms with Crippen LogP contribution in [0.1, 0.15) is 55.6 Å². The predicted molar refractivity (Wildman–Crippen MR) is 116 cm³/mol. The maximum atomic E-state index is 14.2. The highest BCUT2D eigenvalue weighted by atomic mass is 28.4. The van der Waals surface area contributed by atoms with Crippen LogP contribution in [0.5, 0.6) is 0 Å². The lowest BCUT2D eigenvalue weighted by Gasteiger charge is -2.36. The molecule has 1 unspecified atom stereocenters. The number of ketones is 1. The molecule has 5 nitrogen and oxygen atoms in total. The van der Waals surface area contributed by atoms with Gasteiger partial charge in [-0.1, -0.05) is 20.8 Å². The number of fused-ring (bicyclic) bond motifs is 1. The molecule has 0 bridgehead atoms. The Bertz CT molecular complexity index is 786. The van der Waals surface area contributed by atoms with Crippen LogP contribution in [-0.2, 0) is 20.4 Å². The van der Waals surface area contributed by atoms with E-state index in [-0.39, 0.29) is 28.3 Å². The van der Waals surface area contributed by atoms with Crippen molar-refractivity contribution in [2.24, 2.45) is 5.92 Å². The summed E-state index contributed by atoms with van der Waals surface area (Å²) < 4.78 is 26.1. The normalized spacial score (nSPS) is 17.2. The van der Waals surface area contributed by atoms with E-state index < -0.39 is 14.1 Å². The summed E-state index contributed by atoms with van der Waals surface area (Å²) in [6.45, 7) is 15.2. The highest BCUT2D eigenvalue weighted by Crippen LogP contribution is 2.37. The van der Waals surface area contributed by atoms with Gasteiger partial charge in [-0.15, -0.1) is 0 Å².